The maximum absolute atomic E-state index is 8.70. The number of unbranched alkanes of at least 4 members (excludes halogenated alkanes) is 1. The second-order valence-electron chi connectivity index (χ2n) is 3.43. The topological polar surface area (TPSA) is 57.9 Å². The van der Waals surface area contributed by atoms with Gasteiger partial charge in [0.2, 0.25) is 0 Å². The minimum Gasteiger partial charge on any atom is -0.380 e. The first-order valence-electron chi connectivity index (χ1n) is 5.54. The molecule has 0 bridgehead atoms. The molecule has 4 heteroatoms. The molecule has 0 saturated heterocycles. The van der Waals surface area contributed by atoms with Gasteiger partial charge in [-0.05, 0) is 18.6 Å². The van der Waals surface area contributed by atoms with Gasteiger partial charge in [0.1, 0.15) is 5.82 Å². The summed E-state index contributed by atoms with van der Waals surface area (Å²) in [6.07, 6.45) is 3.88. The molecular weight excluding hydrogens is 202 g/mol. The van der Waals surface area contributed by atoms with E-state index in [1.807, 2.05) is 0 Å². The molecule has 0 aliphatic heterocycles. The SMILES string of the molecule is CCCCOCCNc1cc(C#N)ccn1. The van der Waals surface area contributed by atoms with Crippen LogP contribution in [-0.4, -0.2) is 24.7 Å². The minimum atomic E-state index is 0.615. The molecule has 16 heavy (non-hydrogen) atoms. The van der Waals surface area contributed by atoms with Crippen LogP contribution in [0.25, 0.3) is 0 Å². The van der Waals surface area contributed by atoms with Gasteiger partial charge in [0, 0.05) is 19.3 Å². The van der Waals surface area contributed by atoms with E-state index in [0.29, 0.717) is 18.7 Å². The number of nitrogens with one attached hydrogen (secondary N) is 1. The number of rotatable bonds is 7. The Kier molecular flexibility index (Phi) is 5.97. The van der Waals surface area contributed by atoms with Crippen molar-refractivity contribution in [3.63, 3.8) is 0 Å². The van der Waals surface area contributed by atoms with Crippen LogP contribution in [0, 0.1) is 11.3 Å². The number of ether oxygens (including phenoxy) is 1. The third-order valence-electron chi connectivity index (χ3n) is 2.08. The van der Waals surface area contributed by atoms with Gasteiger partial charge in [-0.15, -0.1) is 0 Å². The van der Waals surface area contributed by atoms with Crippen molar-refractivity contribution in [2.24, 2.45) is 0 Å². The third kappa shape index (κ3) is 4.76. The lowest BCUT2D eigenvalue weighted by Gasteiger charge is -2.06. The average molecular weight is 219 g/mol. The van der Waals surface area contributed by atoms with Crippen LogP contribution in [0.15, 0.2) is 18.3 Å². The Balaban J connectivity index is 2.19. The molecule has 1 N–H and O–H groups in total. The fourth-order valence-corrected chi connectivity index (χ4v) is 1.20. The van der Waals surface area contributed by atoms with Crippen molar-refractivity contribution in [2.45, 2.75) is 19.8 Å². The maximum atomic E-state index is 8.70. The first-order chi connectivity index (χ1) is 7.86. The number of aromatic nitrogens is 1. The summed E-state index contributed by atoms with van der Waals surface area (Å²) in [5.41, 5.74) is 0.615. The maximum Gasteiger partial charge on any atom is 0.127 e. The zero-order valence-electron chi connectivity index (χ0n) is 9.57. The molecule has 1 rings (SSSR count). The van der Waals surface area contributed by atoms with Crippen LogP contribution >= 0.6 is 0 Å². The molecule has 0 atom stereocenters. The van der Waals surface area contributed by atoms with E-state index in [-0.39, 0.29) is 0 Å². The quantitative estimate of drug-likeness (QED) is 0.714. The molecular formula is C12H17N3O. The molecule has 1 aromatic rings. The lowest BCUT2D eigenvalue weighted by Crippen LogP contribution is -2.10. The number of hydrogen-bond acceptors (Lipinski definition) is 4. The van der Waals surface area contributed by atoms with Gasteiger partial charge in [-0.1, -0.05) is 13.3 Å². The second-order valence-corrected chi connectivity index (χ2v) is 3.43. The van der Waals surface area contributed by atoms with E-state index in [2.05, 4.69) is 23.3 Å². The predicted octanol–water partition coefficient (Wildman–Crippen LogP) is 2.18. The highest BCUT2D eigenvalue weighted by Gasteiger charge is 1.95. The number of nitriles is 1. The molecule has 1 heterocycles. The first-order valence-corrected chi connectivity index (χ1v) is 5.54. The molecule has 4 nitrogen and oxygen atoms in total. The molecule has 0 amide bonds. The van der Waals surface area contributed by atoms with Crippen molar-refractivity contribution in [3.05, 3.63) is 23.9 Å². The monoisotopic (exact) mass is 219 g/mol. The molecule has 86 valence electrons. The first kappa shape index (κ1) is 12.5. The van der Waals surface area contributed by atoms with Gasteiger partial charge in [-0.3, -0.25) is 0 Å². The summed E-state index contributed by atoms with van der Waals surface area (Å²) in [6, 6.07) is 5.49. The summed E-state index contributed by atoms with van der Waals surface area (Å²) in [7, 11) is 0. The zero-order valence-corrected chi connectivity index (χ0v) is 9.57. The van der Waals surface area contributed by atoms with E-state index in [0.717, 1.165) is 25.3 Å². The highest BCUT2D eigenvalue weighted by molar-refractivity contribution is 5.42. The van der Waals surface area contributed by atoms with Crippen molar-refractivity contribution < 1.29 is 4.74 Å². The van der Waals surface area contributed by atoms with Crippen molar-refractivity contribution in [1.29, 1.82) is 5.26 Å². The van der Waals surface area contributed by atoms with Gasteiger partial charge in [0.15, 0.2) is 0 Å². The van der Waals surface area contributed by atoms with E-state index in [9.17, 15) is 0 Å². The predicted molar refractivity (Wildman–Crippen MR) is 63.2 cm³/mol. The van der Waals surface area contributed by atoms with Crippen LogP contribution in [0.1, 0.15) is 25.3 Å². The Labute approximate surface area is 96.3 Å². The molecule has 0 saturated carbocycles. The number of pyridine rings is 1. The summed E-state index contributed by atoms with van der Waals surface area (Å²) >= 11 is 0. The molecule has 0 unspecified atom stereocenters. The molecule has 0 aliphatic rings. The lowest BCUT2D eigenvalue weighted by molar-refractivity contribution is 0.141. The van der Waals surface area contributed by atoms with Gasteiger partial charge < -0.3 is 10.1 Å². The Morgan fingerprint density at radius 2 is 2.38 bits per heavy atom. The van der Waals surface area contributed by atoms with Gasteiger partial charge in [0.25, 0.3) is 0 Å². The van der Waals surface area contributed by atoms with Crippen LogP contribution in [0.3, 0.4) is 0 Å². The standard InChI is InChI=1S/C12H17N3O/c1-2-3-7-16-8-6-15-12-9-11(10-13)4-5-14-12/h4-5,9H,2-3,6-8H2,1H3,(H,14,15). The third-order valence-corrected chi connectivity index (χ3v) is 2.08. The molecule has 0 spiro atoms. The van der Waals surface area contributed by atoms with Crippen molar-refractivity contribution in [3.8, 4) is 6.07 Å². The summed E-state index contributed by atoms with van der Waals surface area (Å²) in [6.45, 7) is 4.33. The van der Waals surface area contributed by atoms with Gasteiger partial charge in [-0.25, -0.2) is 4.98 Å². The van der Waals surface area contributed by atoms with Crippen LogP contribution in [0.2, 0.25) is 0 Å². The number of nitrogens with zero attached hydrogens (tertiary/aromatic N) is 2. The minimum absolute atomic E-state index is 0.615. The van der Waals surface area contributed by atoms with Crippen LogP contribution in [0.4, 0.5) is 5.82 Å². The normalized spacial score (nSPS) is 9.75. The summed E-state index contributed by atoms with van der Waals surface area (Å²) < 4.78 is 5.40. The average Bonchev–Trinajstić information content (AvgIpc) is 2.34. The van der Waals surface area contributed by atoms with E-state index in [4.69, 9.17) is 10.00 Å². The van der Waals surface area contributed by atoms with E-state index in [1.54, 1.807) is 18.3 Å². The second kappa shape index (κ2) is 7.66. The molecule has 0 aliphatic carbocycles. The fourth-order valence-electron chi connectivity index (χ4n) is 1.20. The van der Waals surface area contributed by atoms with Crippen molar-refractivity contribution >= 4 is 5.82 Å². The highest BCUT2D eigenvalue weighted by Crippen LogP contribution is 2.04. The Morgan fingerprint density at radius 1 is 1.50 bits per heavy atom. The summed E-state index contributed by atoms with van der Waals surface area (Å²) in [5.74, 6) is 0.721. The van der Waals surface area contributed by atoms with Crippen molar-refractivity contribution in [1.82, 2.24) is 4.98 Å². The van der Waals surface area contributed by atoms with Crippen LogP contribution in [0.5, 0.6) is 0 Å². The van der Waals surface area contributed by atoms with E-state index in [1.165, 1.54) is 0 Å². The Hall–Kier alpha value is -1.60. The van der Waals surface area contributed by atoms with Crippen LogP contribution in [-0.2, 0) is 4.74 Å². The highest BCUT2D eigenvalue weighted by atomic mass is 16.5. The number of hydrogen-bond donors (Lipinski definition) is 1. The van der Waals surface area contributed by atoms with Crippen LogP contribution < -0.4 is 5.32 Å². The van der Waals surface area contributed by atoms with Gasteiger partial charge >= 0.3 is 0 Å². The van der Waals surface area contributed by atoms with Gasteiger partial charge in [0.05, 0.1) is 18.2 Å². The Bertz CT molecular complexity index is 346. The zero-order chi connectivity index (χ0) is 11.6. The number of anilines is 1. The largest absolute Gasteiger partial charge is 0.380 e. The van der Waals surface area contributed by atoms with E-state index >= 15 is 0 Å². The molecule has 0 aromatic carbocycles. The smallest absolute Gasteiger partial charge is 0.127 e. The molecule has 0 fully saturated rings. The lowest BCUT2D eigenvalue weighted by atomic mass is 10.3. The fraction of sp³-hybridized carbons (Fsp3) is 0.500. The Morgan fingerprint density at radius 3 is 3.12 bits per heavy atom. The molecule has 1 aromatic heterocycles. The van der Waals surface area contributed by atoms with Gasteiger partial charge in [-0.2, -0.15) is 5.26 Å². The molecule has 0 radical (unpaired) electrons. The summed E-state index contributed by atoms with van der Waals surface area (Å²) in [4.78, 5) is 4.10. The van der Waals surface area contributed by atoms with E-state index < -0.39 is 0 Å². The summed E-state index contributed by atoms with van der Waals surface area (Å²) in [5, 5.41) is 11.8. The van der Waals surface area contributed by atoms with Crippen molar-refractivity contribution in [2.75, 3.05) is 25.1 Å².